The molecule has 5 heterocycles. The van der Waals surface area contributed by atoms with Gasteiger partial charge in [0.05, 0.1) is 34.8 Å². The van der Waals surface area contributed by atoms with E-state index < -0.39 is 18.4 Å². The van der Waals surface area contributed by atoms with E-state index in [1.807, 2.05) is 49.1 Å². The molecule has 2 aromatic carbocycles. The van der Waals surface area contributed by atoms with E-state index in [0.717, 1.165) is 64.1 Å². The number of aryl methyl sites for hydroxylation is 2. The van der Waals surface area contributed by atoms with Crippen LogP contribution in [0, 0.1) is 11.7 Å². The summed E-state index contributed by atoms with van der Waals surface area (Å²) in [5.41, 5.74) is 5.47. The molecule has 1 fully saturated rings. The summed E-state index contributed by atoms with van der Waals surface area (Å²) in [6.45, 7) is 8.59. The molecule has 8 nitrogen and oxygen atoms in total. The van der Waals surface area contributed by atoms with E-state index in [2.05, 4.69) is 46.9 Å². The highest BCUT2D eigenvalue weighted by molar-refractivity contribution is 7.12. The third-order valence-corrected chi connectivity index (χ3v) is 11.2. The number of thiophene rings is 1. The Balaban J connectivity index is 1.28. The summed E-state index contributed by atoms with van der Waals surface area (Å²) in [5, 5.41) is 4.25. The van der Waals surface area contributed by atoms with Crippen molar-refractivity contribution in [1.82, 2.24) is 19.8 Å². The fraction of sp³-hybridized carbons (Fsp3) is 0.368. The largest absolute Gasteiger partial charge is 0.464 e. The molecule has 256 valence electrons. The maximum Gasteiger partial charge on any atom is 0.407 e. The van der Waals surface area contributed by atoms with Crippen molar-refractivity contribution in [2.75, 3.05) is 13.7 Å². The maximum atomic E-state index is 16.4. The van der Waals surface area contributed by atoms with Gasteiger partial charge in [0.15, 0.2) is 0 Å². The van der Waals surface area contributed by atoms with Crippen LogP contribution in [0.4, 0.5) is 9.18 Å². The van der Waals surface area contributed by atoms with Gasteiger partial charge < -0.3 is 24.7 Å². The average Bonchev–Trinajstić information content (AvgIpc) is 3.90. The number of carbonyl (C=O) groups is 2. The number of methoxy groups -OCH3 is 1. The third kappa shape index (κ3) is 5.88. The van der Waals surface area contributed by atoms with Gasteiger partial charge in [0.1, 0.15) is 17.6 Å². The summed E-state index contributed by atoms with van der Waals surface area (Å²) in [4.78, 5) is 33.6. The Morgan fingerprint density at radius 2 is 1.94 bits per heavy atom. The summed E-state index contributed by atoms with van der Waals surface area (Å²) in [5.74, 6) is -0.189. The van der Waals surface area contributed by atoms with Gasteiger partial charge in [-0.1, -0.05) is 39.3 Å². The number of nitrogens with one attached hydrogen (secondary N) is 2. The van der Waals surface area contributed by atoms with Crippen LogP contribution in [0.2, 0.25) is 5.02 Å². The van der Waals surface area contributed by atoms with Gasteiger partial charge >= 0.3 is 6.09 Å². The van der Waals surface area contributed by atoms with Crippen molar-refractivity contribution in [1.29, 1.82) is 0 Å². The fourth-order valence-corrected chi connectivity index (χ4v) is 8.43. The molecule has 49 heavy (non-hydrogen) atoms. The number of benzene rings is 2. The standard InChI is InChI=1S/C38H40ClFN4O4S/c1-6-21-17-27(41-35(21)29-9-8-14-43(29)36(45)34(20(3)4)42-38(46)47-5)22-16-26(40)33-30-18-23-15-24(39)10-12-28(23)44(30)37(48-31(33)19-22)32-13-11-25(7-2)49-32/h10-13,15-20,29,34,37,41H,6-9,14H2,1-5H3,(H,42,46). The van der Waals surface area contributed by atoms with Gasteiger partial charge in [0.2, 0.25) is 12.1 Å². The number of fused-ring (bicyclic) bond motifs is 5. The number of H-pyrrole nitrogens is 1. The third-order valence-electron chi connectivity index (χ3n) is 9.74. The zero-order chi connectivity index (χ0) is 34.6. The highest BCUT2D eigenvalue weighted by Gasteiger charge is 2.38. The molecule has 11 heteroatoms. The fourth-order valence-electron chi connectivity index (χ4n) is 7.27. The smallest absolute Gasteiger partial charge is 0.407 e. The summed E-state index contributed by atoms with van der Waals surface area (Å²) in [7, 11) is 1.29. The lowest BCUT2D eigenvalue weighted by Gasteiger charge is -2.31. The molecular weight excluding hydrogens is 663 g/mol. The van der Waals surface area contributed by atoms with Crippen LogP contribution in [0.3, 0.4) is 0 Å². The molecule has 0 bridgehead atoms. The van der Waals surface area contributed by atoms with Crippen LogP contribution >= 0.6 is 22.9 Å². The zero-order valence-corrected chi connectivity index (χ0v) is 29.8. The number of aromatic amines is 1. The Bertz CT molecular complexity index is 2070. The molecule has 2 aliphatic rings. The van der Waals surface area contributed by atoms with Crippen LogP contribution in [0.15, 0.2) is 54.6 Å². The predicted molar refractivity (Wildman–Crippen MR) is 192 cm³/mol. The van der Waals surface area contributed by atoms with Gasteiger partial charge in [-0.25, -0.2) is 9.18 Å². The summed E-state index contributed by atoms with van der Waals surface area (Å²) >= 11 is 8.07. The first-order valence-corrected chi connectivity index (χ1v) is 18.1. The van der Waals surface area contributed by atoms with Gasteiger partial charge in [-0.3, -0.25) is 9.36 Å². The minimum atomic E-state index is -0.712. The van der Waals surface area contributed by atoms with Gasteiger partial charge in [-0.05, 0) is 91.8 Å². The average molecular weight is 703 g/mol. The number of nitrogens with zero attached hydrogens (tertiary/aromatic N) is 2. The highest BCUT2D eigenvalue weighted by Crippen LogP contribution is 2.48. The minimum Gasteiger partial charge on any atom is -0.464 e. The number of halogens is 2. The second kappa shape index (κ2) is 13.2. The van der Waals surface area contributed by atoms with E-state index in [9.17, 15) is 9.59 Å². The van der Waals surface area contributed by atoms with Crippen LogP contribution in [0.25, 0.3) is 33.4 Å². The van der Waals surface area contributed by atoms with Gasteiger partial charge in [-0.2, -0.15) is 0 Å². The molecule has 3 unspecified atom stereocenters. The van der Waals surface area contributed by atoms with E-state index in [1.54, 1.807) is 17.4 Å². The SMILES string of the molecule is CCc1ccc(C2Oc3cc(-c4cc(CC)c(C5CCCN5C(=O)C(NC(=O)OC)C(C)C)[nH]4)cc(F)c3-c3cc4cc(Cl)ccc4n32)s1. The number of alkyl carbamates (subject to hydrolysis) is 1. The molecule has 0 aliphatic carbocycles. The van der Waals surface area contributed by atoms with E-state index in [0.29, 0.717) is 28.4 Å². The lowest BCUT2D eigenvalue weighted by molar-refractivity contribution is -0.135. The molecule has 5 aromatic rings. The van der Waals surface area contributed by atoms with Crippen LogP contribution in [0.5, 0.6) is 5.75 Å². The van der Waals surface area contributed by atoms with Gasteiger partial charge in [0, 0.05) is 38.8 Å². The minimum absolute atomic E-state index is 0.126. The van der Waals surface area contributed by atoms with E-state index in [-0.39, 0.29) is 23.7 Å². The second-order valence-electron chi connectivity index (χ2n) is 13.1. The van der Waals surface area contributed by atoms with Crippen LogP contribution in [-0.2, 0) is 22.4 Å². The number of amides is 2. The Labute approximate surface area is 294 Å². The quantitative estimate of drug-likeness (QED) is 0.169. The Morgan fingerprint density at radius 1 is 1.12 bits per heavy atom. The molecule has 3 atom stereocenters. The van der Waals surface area contributed by atoms with Crippen molar-refractivity contribution in [3.05, 3.63) is 86.4 Å². The lowest BCUT2D eigenvalue weighted by Crippen LogP contribution is -2.51. The predicted octanol–water partition coefficient (Wildman–Crippen LogP) is 9.27. The van der Waals surface area contributed by atoms with Gasteiger partial charge in [0.25, 0.3) is 0 Å². The molecule has 1 saturated heterocycles. The van der Waals surface area contributed by atoms with E-state index in [4.69, 9.17) is 21.1 Å². The second-order valence-corrected chi connectivity index (χ2v) is 14.7. The monoisotopic (exact) mass is 702 g/mol. The highest BCUT2D eigenvalue weighted by atomic mass is 35.5. The molecule has 7 rings (SSSR count). The van der Waals surface area contributed by atoms with Crippen molar-refractivity contribution in [2.24, 2.45) is 5.92 Å². The molecule has 0 saturated carbocycles. The number of hydrogen-bond donors (Lipinski definition) is 2. The first kappa shape index (κ1) is 33.2. The molecule has 2 aliphatic heterocycles. The van der Waals surface area contributed by atoms with Crippen molar-refractivity contribution in [2.45, 2.75) is 71.7 Å². The van der Waals surface area contributed by atoms with Gasteiger partial charge in [-0.15, -0.1) is 11.3 Å². The van der Waals surface area contributed by atoms with Crippen molar-refractivity contribution in [3.8, 4) is 28.3 Å². The van der Waals surface area contributed by atoms with E-state index >= 15 is 4.39 Å². The number of aromatic nitrogens is 2. The topological polar surface area (TPSA) is 88.6 Å². The Hall–Kier alpha value is -4.28. The molecule has 0 radical (unpaired) electrons. The van der Waals surface area contributed by atoms with Crippen LogP contribution < -0.4 is 10.1 Å². The molecule has 0 spiro atoms. The number of hydrogen-bond acceptors (Lipinski definition) is 5. The van der Waals surface area contributed by atoms with Crippen LogP contribution in [-0.4, -0.2) is 46.1 Å². The first-order valence-electron chi connectivity index (χ1n) is 16.9. The summed E-state index contributed by atoms with van der Waals surface area (Å²) < 4.78 is 30.0. The number of ether oxygens (including phenoxy) is 2. The summed E-state index contributed by atoms with van der Waals surface area (Å²) in [6.07, 6.45) is 2.15. The maximum absolute atomic E-state index is 16.4. The van der Waals surface area contributed by atoms with E-state index in [1.165, 1.54) is 12.0 Å². The Morgan fingerprint density at radius 3 is 2.65 bits per heavy atom. The Kier molecular flexibility index (Phi) is 8.96. The lowest BCUT2D eigenvalue weighted by atomic mass is 10.0. The molecule has 2 N–H and O–H groups in total. The normalized spacial score (nSPS) is 17.6. The molecule has 2 amide bonds. The number of likely N-dealkylation sites (tertiary alicyclic amines) is 1. The number of rotatable bonds is 8. The molecular formula is C38H40ClFN4O4S. The van der Waals surface area contributed by atoms with Crippen molar-refractivity contribution < 1.29 is 23.5 Å². The zero-order valence-electron chi connectivity index (χ0n) is 28.2. The molecule has 3 aromatic heterocycles. The van der Waals surface area contributed by atoms with Crippen molar-refractivity contribution >= 4 is 45.8 Å². The summed E-state index contributed by atoms with van der Waals surface area (Å²) in [6, 6.07) is 16.5. The first-order chi connectivity index (χ1) is 23.6. The number of carbonyl (C=O) groups excluding carboxylic acids is 2. The van der Waals surface area contributed by atoms with Crippen LogP contribution in [0.1, 0.15) is 73.8 Å². The van der Waals surface area contributed by atoms with Crippen molar-refractivity contribution in [3.63, 3.8) is 0 Å².